The molecule has 1 saturated heterocycles. The van der Waals surface area contributed by atoms with Gasteiger partial charge in [0.05, 0.1) is 12.1 Å². The van der Waals surface area contributed by atoms with E-state index in [0.717, 1.165) is 13.0 Å². The standard InChI is InChI=1S/C11H15NO/c1-8-2-4-9(5-3-8)11-10(13)6-7-12-11/h2-5,10-13H,6-7H2,1H3/t10-,11+/m0/s1. The van der Waals surface area contributed by atoms with Gasteiger partial charge in [-0.1, -0.05) is 29.8 Å². The molecule has 70 valence electrons. The zero-order chi connectivity index (χ0) is 9.26. The lowest BCUT2D eigenvalue weighted by atomic mass is 10.0. The maximum Gasteiger partial charge on any atom is 0.0747 e. The molecule has 2 nitrogen and oxygen atoms in total. The highest BCUT2D eigenvalue weighted by atomic mass is 16.3. The summed E-state index contributed by atoms with van der Waals surface area (Å²) in [4.78, 5) is 0. The zero-order valence-corrected chi connectivity index (χ0v) is 7.83. The van der Waals surface area contributed by atoms with Crippen LogP contribution in [0.5, 0.6) is 0 Å². The van der Waals surface area contributed by atoms with E-state index >= 15 is 0 Å². The van der Waals surface area contributed by atoms with E-state index in [-0.39, 0.29) is 12.1 Å². The summed E-state index contributed by atoms with van der Waals surface area (Å²) in [5, 5.41) is 12.9. The van der Waals surface area contributed by atoms with E-state index in [1.807, 2.05) is 0 Å². The molecule has 0 bridgehead atoms. The molecular weight excluding hydrogens is 162 g/mol. The minimum atomic E-state index is -0.220. The summed E-state index contributed by atoms with van der Waals surface area (Å²) in [6.45, 7) is 2.99. The van der Waals surface area contributed by atoms with Crippen LogP contribution in [0.1, 0.15) is 23.6 Å². The quantitative estimate of drug-likeness (QED) is 0.679. The number of aliphatic hydroxyl groups is 1. The van der Waals surface area contributed by atoms with E-state index in [9.17, 15) is 5.11 Å². The van der Waals surface area contributed by atoms with Crippen molar-refractivity contribution in [3.05, 3.63) is 35.4 Å². The van der Waals surface area contributed by atoms with Gasteiger partial charge in [0, 0.05) is 0 Å². The summed E-state index contributed by atoms with van der Waals surface area (Å²) in [6, 6.07) is 8.48. The summed E-state index contributed by atoms with van der Waals surface area (Å²) in [5.74, 6) is 0. The van der Waals surface area contributed by atoms with Crippen LogP contribution in [0.3, 0.4) is 0 Å². The fourth-order valence-corrected chi connectivity index (χ4v) is 1.80. The Morgan fingerprint density at radius 2 is 2.00 bits per heavy atom. The fourth-order valence-electron chi connectivity index (χ4n) is 1.80. The van der Waals surface area contributed by atoms with Crippen molar-refractivity contribution < 1.29 is 5.11 Å². The maximum absolute atomic E-state index is 9.65. The molecule has 2 rings (SSSR count). The second-order valence-corrected chi connectivity index (χ2v) is 3.70. The summed E-state index contributed by atoms with van der Waals surface area (Å²) in [6.07, 6.45) is 0.640. The van der Waals surface area contributed by atoms with E-state index in [4.69, 9.17) is 0 Å². The van der Waals surface area contributed by atoms with Crippen LogP contribution in [0.4, 0.5) is 0 Å². The summed E-state index contributed by atoms with van der Waals surface area (Å²) in [7, 11) is 0. The summed E-state index contributed by atoms with van der Waals surface area (Å²) in [5.41, 5.74) is 2.45. The lowest BCUT2D eigenvalue weighted by Crippen LogP contribution is -2.20. The van der Waals surface area contributed by atoms with Crippen molar-refractivity contribution in [2.75, 3.05) is 6.54 Å². The predicted molar refractivity (Wildman–Crippen MR) is 52.5 cm³/mol. The molecule has 1 aromatic rings. The lowest BCUT2D eigenvalue weighted by molar-refractivity contribution is 0.160. The molecule has 2 heteroatoms. The molecule has 1 heterocycles. The van der Waals surface area contributed by atoms with Crippen LogP contribution in [-0.4, -0.2) is 17.8 Å². The zero-order valence-electron chi connectivity index (χ0n) is 7.83. The first-order chi connectivity index (χ1) is 6.27. The third kappa shape index (κ3) is 1.74. The third-order valence-electron chi connectivity index (χ3n) is 2.63. The first-order valence-electron chi connectivity index (χ1n) is 4.75. The monoisotopic (exact) mass is 177 g/mol. The van der Waals surface area contributed by atoms with Crippen LogP contribution in [0.25, 0.3) is 0 Å². The highest BCUT2D eigenvalue weighted by Crippen LogP contribution is 2.23. The second kappa shape index (κ2) is 3.48. The number of aliphatic hydroxyl groups excluding tert-OH is 1. The van der Waals surface area contributed by atoms with Crippen molar-refractivity contribution in [1.29, 1.82) is 0 Å². The maximum atomic E-state index is 9.65. The smallest absolute Gasteiger partial charge is 0.0747 e. The van der Waals surface area contributed by atoms with Gasteiger partial charge in [0.1, 0.15) is 0 Å². The van der Waals surface area contributed by atoms with Gasteiger partial charge in [-0.15, -0.1) is 0 Å². The minimum absolute atomic E-state index is 0.139. The molecule has 0 radical (unpaired) electrons. The molecule has 1 aliphatic heterocycles. The Morgan fingerprint density at radius 3 is 2.54 bits per heavy atom. The van der Waals surface area contributed by atoms with E-state index in [1.165, 1.54) is 11.1 Å². The molecular formula is C11H15NO. The fraction of sp³-hybridized carbons (Fsp3) is 0.455. The van der Waals surface area contributed by atoms with Crippen LogP contribution in [0.2, 0.25) is 0 Å². The van der Waals surface area contributed by atoms with Crippen molar-refractivity contribution in [3.63, 3.8) is 0 Å². The normalized spacial score (nSPS) is 27.8. The molecule has 0 aromatic heterocycles. The molecule has 0 amide bonds. The molecule has 1 fully saturated rings. The number of nitrogens with one attached hydrogen (secondary N) is 1. The Kier molecular flexibility index (Phi) is 2.34. The first-order valence-corrected chi connectivity index (χ1v) is 4.75. The molecule has 0 spiro atoms. The SMILES string of the molecule is Cc1ccc([C@H]2NCC[C@@H]2O)cc1. The molecule has 0 saturated carbocycles. The second-order valence-electron chi connectivity index (χ2n) is 3.70. The third-order valence-corrected chi connectivity index (χ3v) is 2.63. The molecule has 0 aliphatic carbocycles. The van der Waals surface area contributed by atoms with Gasteiger partial charge in [0.15, 0.2) is 0 Å². The Morgan fingerprint density at radius 1 is 1.31 bits per heavy atom. The number of rotatable bonds is 1. The molecule has 1 aliphatic rings. The average Bonchev–Trinajstić information content (AvgIpc) is 2.53. The van der Waals surface area contributed by atoms with Crippen molar-refractivity contribution in [2.45, 2.75) is 25.5 Å². The molecule has 2 N–H and O–H groups in total. The largest absolute Gasteiger partial charge is 0.391 e. The number of hydrogen-bond donors (Lipinski definition) is 2. The minimum Gasteiger partial charge on any atom is -0.391 e. The van der Waals surface area contributed by atoms with E-state index in [0.29, 0.717) is 0 Å². The molecule has 0 unspecified atom stereocenters. The van der Waals surface area contributed by atoms with Crippen LogP contribution in [0, 0.1) is 6.92 Å². The average molecular weight is 177 g/mol. The van der Waals surface area contributed by atoms with Gasteiger partial charge in [-0.2, -0.15) is 0 Å². The molecule has 2 atom stereocenters. The van der Waals surface area contributed by atoms with Crippen LogP contribution in [-0.2, 0) is 0 Å². The van der Waals surface area contributed by atoms with Gasteiger partial charge in [-0.05, 0) is 25.5 Å². The van der Waals surface area contributed by atoms with Gasteiger partial charge in [0.25, 0.3) is 0 Å². The van der Waals surface area contributed by atoms with E-state index < -0.39 is 0 Å². The lowest BCUT2D eigenvalue weighted by Gasteiger charge is -2.14. The van der Waals surface area contributed by atoms with Gasteiger partial charge in [-0.25, -0.2) is 0 Å². The van der Waals surface area contributed by atoms with Crippen LogP contribution < -0.4 is 5.32 Å². The number of aryl methyl sites for hydroxylation is 1. The Hall–Kier alpha value is -0.860. The van der Waals surface area contributed by atoms with Gasteiger partial charge in [-0.3, -0.25) is 0 Å². The highest BCUT2D eigenvalue weighted by Gasteiger charge is 2.25. The van der Waals surface area contributed by atoms with Crippen LogP contribution >= 0.6 is 0 Å². The number of benzene rings is 1. The first kappa shape index (κ1) is 8.73. The van der Waals surface area contributed by atoms with Crippen LogP contribution in [0.15, 0.2) is 24.3 Å². The van der Waals surface area contributed by atoms with E-state index in [1.54, 1.807) is 0 Å². The Bertz CT molecular complexity index is 281. The van der Waals surface area contributed by atoms with E-state index in [2.05, 4.69) is 36.5 Å². The predicted octanol–water partition coefficient (Wildman–Crippen LogP) is 1.39. The number of hydrogen-bond acceptors (Lipinski definition) is 2. The molecule has 13 heavy (non-hydrogen) atoms. The summed E-state index contributed by atoms with van der Waals surface area (Å²) < 4.78 is 0. The summed E-state index contributed by atoms with van der Waals surface area (Å²) >= 11 is 0. The van der Waals surface area contributed by atoms with Crippen molar-refractivity contribution in [2.24, 2.45) is 0 Å². The topological polar surface area (TPSA) is 32.3 Å². The molecule has 1 aromatic carbocycles. The van der Waals surface area contributed by atoms with Gasteiger partial charge >= 0.3 is 0 Å². The van der Waals surface area contributed by atoms with Crippen molar-refractivity contribution in [1.82, 2.24) is 5.32 Å². The van der Waals surface area contributed by atoms with Gasteiger partial charge in [0.2, 0.25) is 0 Å². The highest BCUT2D eigenvalue weighted by molar-refractivity contribution is 5.25. The van der Waals surface area contributed by atoms with Crippen molar-refractivity contribution in [3.8, 4) is 0 Å². The Labute approximate surface area is 78.6 Å². The van der Waals surface area contributed by atoms with Gasteiger partial charge < -0.3 is 10.4 Å². The van der Waals surface area contributed by atoms with Crippen molar-refractivity contribution >= 4 is 0 Å². The Balaban J connectivity index is 2.20.